The van der Waals surface area contributed by atoms with E-state index in [1.165, 1.54) is 17.8 Å². The first-order chi connectivity index (χ1) is 12.7. The van der Waals surface area contributed by atoms with Crippen LogP contribution in [0.5, 0.6) is 5.75 Å². The molecule has 5 nitrogen and oxygen atoms in total. The van der Waals surface area contributed by atoms with Gasteiger partial charge in [0.1, 0.15) is 0 Å². The van der Waals surface area contributed by atoms with Crippen LogP contribution < -0.4 is 15.5 Å². The second-order valence-electron chi connectivity index (χ2n) is 6.48. The van der Waals surface area contributed by atoms with Gasteiger partial charge in [0.2, 0.25) is 0 Å². The van der Waals surface area contributed by atoms with Crippen LogP contribution in [0.3, 0.4) is 0 Å². The van der Waals surface area contributed by atoms with Crippen LogP contribution >= 0.6 is 0 Å². The number of aliphatic imine (C=N–C) groups is 1. The van der Waals surface area contributed by atoms with Crippen LogP contribution in [0.2, 0.25) is 0 Å². The molecular weight excluding hydrogens is 331 g/mol. The third-order valence-corrected chi connectivity index (χ3v) is 4.58. The molecule has 26 heavy (non-hydrogen) atoms. The topological polar surface area (TPSA) is 59.9 Å². The van der Waals surface area contributed by atoms with Crippen LogP contribution in [0, 0.1) is 5.82 Å². The zero-order chi connectivity index (χ0) is 18.4. The molecule has 0 radical (unpaired) electrons. The highest BCUT2D eigenvalue weighted by Crippen LogP contribution is 2.19. The minimum Gasteiger partial charge on any atom is -0.505 e. The Labute approximate surface area is 153 Å². The molecule has 1 fully saturated rings. The standard InChI is InChI=1S/C20H25FN4O/c1-22-20(23-13-15-9-10-19(26)18(21)12-15)24-16-6-5-11-25(14-16)17-7-3-2-4-8-17/h2-4,7-10,12,16,26H,5-6,11,13-14H2,1H3,(H2,22,23,24). The van der Waals surface area contributed by atoms with E-state index in [4.69, 9.17) is 0 Å². The maximum absolute atomic E-state index is 13.4. The van der Waals surface area contributed by atoms with Crippen molar-refractivity contribution in [1.29, 1.82) is 0 Å². The molecule has 1 saturated heterocycles. The van der Waals surface area contributed by atoms with Crippen LogP contribution in [-0.2, 0) is 6.54 Å². The summed E-state index contributed by atoms with van der Waals surface area (Å²) in [5.74, 6) is -0.254. The average Bonchev–Trinajstić information content (AvgIpc) is 2.68. The number of para-hydroxylation sites is 1. The average molecular weight is 356 g/mol. The van der Waals surface area contributed by atoms with Gasteiger partial charge in [-0.25, -0.2) is 4.39 Å². The fourth-order valence-corrected chi connectivity index (χ4v) is 3.20. The normalized spacial score (nSPS) is 17.8. The molecule has 2 aromatic carbocycles. The fourth-order valence-electron chi connectivity index (χ4n) is 3.20. The van der Waals surface area contributed by atoms with E-state index in [9.17, 15) is 9.50 Å². The van der Waals surface area contributed by atoms with Crippen LogP contribution in [0.1, 0.15) is 18.4 Å². The molecule has 0 aromatic heterocycles. The van der Waals surface area contributed by atoms with Crippen LogP contribution in [0.15, 0.2) is 53.5 Å². The second kappa shape index (κ2) is 8.56. The van der Waals surface area contributed by atoms with E-state index in [0.29, 0.717) is 18.5 Å². The van der Waals surface area contributed by atoms with Crippen LogP contribution in [0.4, 0.5) is 10.1 Å². The maximum atomic E-state index is 13.4. The molecule has 3 rings (SSSR count). The van der Waals surface area contributed by atoms with Gasteiger partial charge in [-0.3, -0.25) is 4.99 Å². The number of guanidine groups is 1. The number of nitrogens with zero attached hydrogens (tertiary/aromatic N) is 2. The van der Waals surface area contributed by atoms with Gasteiger partial charge in [0.05, 0.1) is 0 Å². The highest BCUT2D eigenvalue weighted by atomic mass is 19.1. The number of piperidine rings is 1. The van der Waals surface area contributed by atoms with E-state index in [-0.39, 0.29) is 5.75 Å². The predicted octanol–water partition coefficient (Wildman–Crippen LogP) is 2.87. The third-order valence-electron chi connectivity index (χ3n) is 4.58. The van der Waals surface area contributed by atoms with Crippen molar-refractivity contribution < 1.29 is 9.50 Å². The molecule has 1 aliphatic heterocycles. The number of halogens is 1. The summed E-state index contributed by atoms with van der Waals surface area (Å²) in [5.41, 5.74) is 1.99. The Morgan fingerprint density at radius 2 is 2.08 bits per heavy atom. The molecule has 0 amide bonds. The lowest BCUT2D eigenvalue weighted by molar-refractivity contribution is 0.431. The van der Waals surface area contributed by atoms with Crippen LogP contribution in [-0.4, -0.2) is 37.2 Å². The Morgan fingerprint density at radius 1 is 1.27 bits per heavy atom. The lowest BCUT2D eigenvalue weighted by Crippen LogP contribution is -2.51. The first-order valence-corrected chi connectivity index (χ1v) is 8.90. The lowest BCUT2D eigenvalue weighted by atomic mass is 10.0. The second-order valence-corrected chi connectivity index (χ2v) is 6.48. The predicted molar refractivity (Wildman–Crippen MR) is 103 cm³/mol. The molecule has 1 atom stereocenters. The van der Waals surface area contributed by atoms with E-state index in [0.717, 1.165) is 31.5 Å². The highest BCUT2D eigenvalue weighted by Gasteiger charge is 2.20. The van der Waals surface area contributed by atoms with Gasteiger partial charge in [0.15, 0.2) is 17.5 Å². The Balaban J connectivity index is 1.55. The number of rotatable bonds is 4. The zero-order valence-corrected chi connectivity index (χ0v) is 15.0. The molecule has 0 saturated carbocycles. The van der Waals surface area contributed by atoms with Crippen molar-refractivity contribution in [2.75, 3.05) is 25.0 Å². The summed E-state index contributed by atoms with van der Waals surface area (Å²) in [4.78, 5) is 6.65. The number of nitrogens with one attached hydrogen (secondary N) is 2. The van der Waals surface area contributed by atoms with E-state index >= 15 is 0 Å². The van der Waals surface area contributed by atoms with E-state index in [2.05, 4.69) is 44.8 Å². The third kappa shape index (κ3) is 4.65. The summed E-state index contributed by atoms with van der Waals surface area (Å²) in [5, 5.41) is 15.9. The van der Waals surface area contributed by atoms with Gasteiger partial charge in [-0.15, -0.1) is 0 Å². The van der Waals surface area contributed by atoms with Gasteiger partial charge in [-0.05, 0) is 42.7 Å². The number of hydrogen-bond acceptors (Lipinski definition) is 3. The summed E-state index contributed by atoms with van der Waals surface area (Å²) in [6.45, 7) is 2.41. The number of hydrogen-bond donors (Lipinski definition) is 3. The van der Waals surface area contributed by atoms with E-state index < -0.39 is 5.82 Å². The lowest BCUT2D eigenvalue weighted by Gasteiger charge is -2.35. The van der Waals surface area contributed by atoms with Gasteiger partial charge in [-0.2, -0.15) is 0 Å². The molecule has 1 heterocycles. The molecule has 1 unspecified atom stereocenters. The first kappa shape index (κ1) is 18.0. The highest BCUT2D eigenvalue weighted by molar-refractivity contribution is 5.80. The smallest absolute Gasteiger partial charge is 0.191 e. The van der Waals surface area contributed by atoms with Crippen molar-refractivity contribution in [3.05, 3.63) is 59.9 Å². The summed E-state index contributed by atoms with van der Waals surface area (Å²) >= 11 is 0. The molecule has 2 aromatic rings. The van der Waals surface area contributed by atoms with Crippen LogP contribution in [0.25, 0.3) is 0 Å². The van der Waals surface area contributed by atoms with Crippen molar-refractivity contribution in [3.8, 4) is 5.75 Å². The maximum Gasteiger partial charge on any atom is 0.191 e. The fraction of sp³-hybridized carbons (Fsp3) is 0.350. The summed E-state index contributed by atoms with van der Waals surface area (Å²) in [6.07, 6.45) is 2.20. The van der Waals surface area contributed by atoms with Gasteiger partial charge in [0.25, 0.3) is 0 Å². The molecule has 0 bridgehead atoms. The van der Waals surface area contributed by atoms with Crippen molar-refractivity contribution in [2.45, 2.75) is 25.4 Å². The van der Waals surface area contributed by atoms with E-state index in [1.807, 2.05) is 6.07 Å². The first-order valence-electron chi connectivity index (χ1n) is 8.90. The quantitative estimate of drug-likeness (QED) is 0.582. The Morgan fingerprint density at radius 3 is 2.81 bits per heavy atom. The monoisotopic (exact) mass is 356 g/mol. The Bertz CT molecular complexity index is 751. The summed E-state index contributed by atoms with van der Waals surface area (Å²) in [7, 11) is 1.73. The number of phenolic OH excluding ortho intramolecular Hbond substituents is 1. The van der Waals surface area contributed by atoms with Gasteiger partial charge in [-0.1, -0.05) is 24.3 Å². The molecule has 138 valence electrons. The largest absolute Gasteiger partial charge is 0.505 e. The van der Waals surface area contributed by atoms with Crippen molar-refractivity contribution in [3.63, 3.8) is 0 Å². The molecule has 0 aliphatic carbocycles. The van der Waals surface area contributed by atoms with Crippen molar-refractivity contribution >= 4 is 11.6 Å². The summed E-state index contributed by atoms with van der Waals surface area (Å²) in [6, 6.07) is 15.1. The number of phenols is 1. The van der Waals surface area contributed by atoms with Gasteiger partial charge >= 0.3 is 0 Å². The van der Waals surface area contributed by atoms with Crippen molar-refractivity contribution in [2.24, 2.45) is 4.99 Å². The Kier molecular flexibility index (Phi) is 5.94. The number of aromatic hydroxyl groups is 1. The SMILES string of the molecule is CN=C(NCc1ccc(O)c(F)c1)NC1CCCN(c2ccccc2)C1. The number of anilines is 1. The van der Waals surface area contributed by atoms with E-state index in [1.54, 1.807) is 13.1 Å². The minimum atomic E-state index is -0.613. The van der Waals surface area contributed by atoms with Gasteiger partial charge < -0.3 is 20.6 Å². The zero-order valence-electron chi connectivity index (χ0n) is 15.0. The molecule has 1 aliphatic rings. The van der Waals surface area contributed by atoms with Crippen molar-refractivity contribution in [1.82, 2.24) is 10.6 Å². The molecule has 6 heteroatoms. The molecular formula is C20H25FN4O. The Hall–Kier alpha value is -2.76. The van der Waals surface area contributed by atoms with Gasteiger partial charge in [0, 0.05) is 38.4 Å². The number of benzene rings is 2. The summed E-state index contributed by atoms with van der Waals surface area (Å²) < 4.78 is 13.4. The molecule has 3 N–H and O–H groups in total. The molecule has 0 spiro atoms. The minimum absolute atomic E-state index is 0.298.